The summed E-state index contributed by atoms with van der Waals surface area (Å²) in [7, 11) is 1.88. The number of nitrogens with zero attached hydrogens (tertiary/aromatic N) is 1. The molecule has 0 bridgehead atoms. The smallest absolute Gasteiger partial charge is 0.189 e. The summed E-state index contributed by atoms with van der Waals surface area (Å²) in [5.74, 6) is 0.0228. The van der Waals surface area contributed by atoms with Crippen LogP contribution in [0.2, 0.25) is 0 Å². The largest absolute Gasteiger partial charge is 0.373 e. The minimum absolute atomic E-state index is 0.0228. The van der Waals surface area contributed by atoms with E-state index in [4.69, 9.17) is 4.74 Å². The van der Waals surface area contributed by atoms with E-state index in [1.54, 1.807) is 18.3 Å². The number of aryl methyl sites for hydroxylation is 1. The lowest BCUT2D eigenvalue weighted by atomic mass is 10.2. The average Bonchev–Trinajstić information content (AvgIpc) is 2.59. The number of hydrogen-bond donors (Lipinski definition) is 0. The molecule has 1 rings (SSSR count). The first-order valence-electron chi connectivity index (χ1n) is 4.58. The summed E-state index contributed by atoms with van der Waals surface area (Å²) in [6.45, 7) is 4.28. The molecule has 0 radical (unpaired) electrons. The molecular formula is C11H15NO2. The van der Waals surface area contributed by atoms with E-state index in [0.29, 0.717) is 12.2 Å². The van der Waals surface area contributed by atoms with Crippen LogP contribution in [0.15, 0.2) is 31.1 Å². The van der Waals surface area contributed by atoms with Crippen molar-refractivity contribution in [3.05, 3.63) is 36.7 Å². The van der Waals surface area contributed by atoms with E-state index in [2.05, 4.69) is 6.58 Å². The molecule has 1 heterocycles. The molecule has 0 saturated heterocycles. The standard InChI is InChI=1S/C11H15NO2/c1-3-4-7-14-9-11(13)10-5-6-12(2)8-10/h3,5-6,8H,1,4,7,9H2,2H3. The number of carbonyl (C=O) groups is 1. The van der Waals surface area contributed by atoms with Crippen LogP contribution in [0.1, 0.15) is 16.8 Å². The maximum Gasteiger partial charge on any atom is 0.189 e. The van der Waals surface area contributed by atoms with Crippen molar-refractivity contribution in [3.8, 4) is 0 Å². The molecule has 0 unspecified atom stereocenters. The van der Waals surface area contributed by atoms with Crippen LogP contribution in [0.25, 0.3) is 0 Å². The van der Waals surface area contributed by atoms with Crippen LogP contribution in [-0.4, -0.2) is 23.6 Å². The predicted octanol–water partition coefficient (Wildman–Crippen LogP) is 1.80. The maximum atomic E-state index is 11.5. The molecule has 1 aromatic rings. The summed E-state index contributed by atoms with van der Waals surface area (Å²) < 4.78 is 7.01. The first kappa shape index (κ1) is 10.7. The Morgan fingerprint density at radius 3 is 3.07 bits per heavy atom. The van der Waals surface area contributed by atoms with Gasteiger partial charge in [-0.3, -0.25) is 4.79 Å². The molecule has 0 N–H and O–H groups in total. The van der Waals surface area contributed by atoms with E-state index >= 15 is 0 Å². The Hall–Kier alpha value is -1.35. The number of ketones is 1. The normalized spacial score (nSPS) is 10.1. The highest BCUT2D eigenvalue weighted by Crippen LogP contribution is 2.01. The summed E-state index contributed by atoms with van der Waals surface area (Å²) in [5.41, 5.74) is 0.700. The van der Waals surface area contributed by atoms with Crippen molar-refractivity contribution in [2.45, 2.75) is 6.42 Å². The number of hydrogen-bond acceptors (Lipinski definition) is 2. The van der Waals surface area contributed by atoms with E-state index in [-0.39, 0.29) is 12.4 Å². The molecule has 0 fully saturated rings. The molecule has 0 spiro atoms. The summed E-state index contributed by atoms with van der Waals surface area (Å²) in [4.78, 5) is 11.5. The lowest BCUT2D eigenvalue weighted by molar-refractivity contribution is 0.0768. The van der Waals surface area contributed by atoms with Crippen molar-refractivity contribution in [2.24, 2.45) is 7.05 Å². The monoisotopic (exact) mass is 193 g/mol. The van der Waals surface area contributed by atoms with Gasteiger partial charge in [0.2, 0.25) is 0 Å². The highest BCUT2D eigenvalue weighted by Gasteiger charge is 2.05. The molecule has 3 heteroatoms. The lowest BCUT2D eigenvalue weighted by Gasteiger charge is -1.99. The molecule has 0 amide bonds. The van der Waals surface area contributed by atoms with Crippen LogP contribution in [0.4, 0.5) is 0 Å². The summed E-state index contributed by atoms with van der Waals surface area (Å²) in [6.07, 6.45) is 6.19. The van der Waals surface area contributed by atoms with Gasteiger partial charge in [-0.15, -0.1) is 6.58 Å². The highest BCUT2D eigenvalue weighted by molar-refractivity contribution is 5.96. The quantitative estimate of drug-likeness (QED) is 0.392. The SMILES string of the molecule is C=CCCOCC(=O)c1ccn(C)c1. The molecule has 0 atom stereocenters. The van der Waals surface area contributed by atoms with Crippen molar-refractivity contribution in [1.29, 1.82) is 0 Å². The van der Waals surface area contributed by atoms with Gasteiger partial charge >= 0.3 is 0 Å². The van der Waals surface area contributed by atoms with E-state index in [9.17, 15) is 4.79 Å². The molecule has 0 aliphatic rings. The fraction of sp³-hybridized carbons (Fsp3) is 0.364. The van der Waals surface area contributed by atoms with Crippen molar-refractivity contribution >= 4 is 5.78 Å². The molecule has 76 valence electrons. The van der Waals surface area contributed by atoms with Crippen molar-refractivity contribution in [3.63, 3.8) is 0 Å². The van der Waals surface area contributed by atoms with Gasteiger partial charge in [0.25, 0.3) is 0 Å². The minimum Gasteiger partial charge on any atom is -0.373 e. The third kappa shape index (κ3) is 3.18. The fourth-order valence-corrected chi connectivity index (χ4v) is 1.08. The molecule has 0 aromatic carbocycles. The first-order valence-corrected chi connectivity index (χ1v) is 4.58. The van der Waals surface area contributed by atoms with E-state index < -0.39 is 0 Å². The number of Topliss-reactive ketones (excluding diaryl/α,β-unsaturated/α-hetero) is 1. The van der Waals surface area contributed by atoms with Crippen LogP contribution in [0, 0.1) is 0 Å². The zero-order valence-corrected chi connectivity index (χ0v) is 8.40. The van der Waals surface area contributed by atoms with Crippen LogP contribution in [-0.2, 0) is 11.8 Å². The summed E-state index contributed by atoms with van der Waals surface area (Å²) in [6, 6.07) is 1.79. The van der Waals surface area contributed by atoms with Crippen LogP contribution < -0.4 is 0 Å². The zero-order chi connectivity index (χ0) is 10.4. The van der Waals surface area contributed by atoms with Crippen LogP contribution in [0.3, 0.4) is 0 Å². The minimum atomic E-state index is 0.0228. The average molecular weight is 193 g/mol. The Balaban J connectivity index is 2.32. The molecular weight excluding hydrogens is 178 g/mol. The van der Waals surface area contributed by atoms with Gasteiger partial charge < -0.3 is 9.30 Å². The third-order valence-corrected chi connectivity index (χ3v) is 1.85. The number of rotatable bonds is 6. The lowest BCUT2D eigenvalue weighted by Crippen LogP contribution is -2.08. The fourth-order valence-electron chi connectivity index (χ4n) is 1.08. The predicted molar refractivity (Wildman–Crippen MR) is 55.4 cm³/mol. The number of aromatic nitrogens is 1. The molecule has 3 nitrogen and oxygen atoms in total. The second kappa shape index (κ2) is 5.40. The molecule has 0 aliphatic heterocycles. The second-order valence-corrected chi connectivity index (χ2v) is 3.12. The van der Waals surface area contributed by atoms with E-state index in [1.165, 1.54) is 0 Å². The highest BCUT2D eigenvalue weighted by atomic mass is 16.5. The Morgan fingerprint density at radius 2 is 2.50 bits per heavy atom. The topological polar surface area (TPSA) is 31.2 Å². The molecule has 14 heavy (non-hydrogen) atoms. The van der Waals surface area contributed by atoms with E-state index in [1.807, 2.05) is 17.8 Å². The first-order chi connectivity index (χ1) is 6.74. The molecule has 0 saturated carbocycles. The van der Waals surface area contributed by atoms with Crippen molar-refractivity contribution in [2.75, 3.05) is 13.2 Å². The molecule has 0 aliphatic carbocycles. The summed E-state index contributed by atoms with van der Waals surface area (Å²) in [5, 5.41) is 0. The second-order valence-electron chi connectivity index (χ2n) is 3.12. The number of carbonyl (C=O) groups excluding carboxylic acids is 1. The number of ether oxygens (including phenoxy) is 1. The van der Waals surface area contributed by atoms with Crippen molar-refractivity contribution in [1.82, 2.24) is 4.57 Å². The third-order valence-electron chi connectivity index (χ3n) is 1.85. The van der Waals surface area contributed by atoms with Gasteiger partial charge in [0.15, 0.2) is 5.78 Å². The van der Waals surface area contributed by atoms with Gasteiger partial charge in [-0.2, -0.15) is 0 Å². The Kier molecular flexibility index (Phi) is 4.13. The Labute approximate surface area is 84.0 Å². The van der Waals surface area contributed by atoms with Crippen molar-refractivity contribution < 1.29 is 9.53 Å². The van der Waals surface area contributed by atoms with Gasteiger partial charge in [0, 0.05) is 25.0 Å². The van der Waals surface area contributed by atoms with Gasteiger partial charge in [0.05, 0.1) is 6.61 Å². The zero-order valence-electron chi connectivity index (χ0n) is 8.40. The maximum absolute atomic E-state index is 11.5. The Bertz CT molecular complexity index is 315. The van der Waals surface area contributed by atoms with Crippen LogP contribution in [0.5, 0.6) is 0 Å². The van der Waals surface area contributed by atoms with Crippen LogP contribution >= 0.6 is 0 Å². The Morgan fingerprint density at radius 1 is 1.71 bits per heavy atom. The van der Waals surface area contributed by atoms with Gasteiger partial charge in [-0.1, -0.05) is 6.08 Å². The van der Waals surface area contributed by atoms with E-state index in [0.717, 1.165) is 6.42 Å². The van der Waals surface area contributed by atoms with Gasteiger partial charge in [0.1, 0.15) is 6.61 Å². The summed E-state index contributed by atoms with van der Waals surface area (Å²) >= 11 is 0. The van der Waals surface area contributed by atoms with Gasteiger partial charge in [-0.05, 0) is 12.5 Å². The molecule has 1 aromatic heterocycles. The van der Waals surface area contributed by atoms with Gasteiger partial charge in [-0.25, -0.2) is 0 Å².